The van der Waals surface area contributed by atoms with E-state index in [4.69, 9.17) is 4.74 Å². The van der Waals surface area contributed by atoms with Gasteiger partial charge in [-0.05, 0) is 50.7 Å². The minimum atomic E-state index is -0.132. The molecular weight excluding hydrogens is 431 g/mol. The standard InChI is InChI=1S/C19H21IN2O3/c20-17(24)22-19-8-5-18(6-9-19,7-10-19)21-16(23)14-11-13-3-1-2-4-15(13)25-12-14/h1-4,11H,5-10,12H2,(H,21,23)(H,22,24). The zero-order chi connectivity index (χ0) is 17.5. The van der Waals surface area contributed by atoms with Crippen LogP contribution in [0.1, 0.15) is 44.1 Å². The molecule has 3 aliphatic carbocycles. The zero-order valence-electron chi connectivity index (χ0n) is 13.9. The number of hydrogen-bond donors (Lipinski definition) is 2. The Labute approximate surface area is 160 Å². The molecular formula is C19H21IN2O3. The Balaban J connectivity index is 1.45. The molecule has 5 rings (SSSR count). The van der Waals surface area contributed by atoms with E-state index in [1.54, 1.807) is 0 Å². The van der Waals surface area contributed by atoms with Crippen molar-refractivity contribution >= 4 is 38.5 Å². The highest BCUT2D eigenvalue weighted by Crippen LogP contribution is 2.47. The van der Waals surface area contributed by atoms with E-state index < -0.39 is 0 Å². The molecule has 2 bridgehead atoms. The number of benzene rings is 1. The number of hydrogen-bond acceptors (Lipinski definition) is 3. The Morgan fingerprint density at radius 2 is 1.56 bits per heavy atom. The number of amides is 2. The van der Waals surface area contributed by atoms with Crippen molar-refractivity contribution in [3.63, 3.8) is 0 Å². The van der Waals surface area contributed by atoms with Crippen molar-refractivity contribution in [2.45, 2.75) is 49.6 Å². The van der Waals surface area contributed by atoms with Gasteiger partial charge in [-0.1, -0.05) is 18.2 Å². The van der Waals surface area contributed by atoms with Gasteiger partial charge in [-0.3, -0.25) is 9.59 Å². The maximum Gasteiger partial charge on any atom is 0.281 e. The van der Waals surface area contributed by atoms with Crippen LogP contribution in [-0.2, 0) is 4.79 Å². The maximum atomic E-state index is 12.8. The molecule has 1 aromatic rings. The third kappa shape index (κ3) is 3.28. The molecule has 132 valence electrons. The lowest BCUT2D eigenvalue weighted by Crippen LogP contribution is -2.63. The second kappa shape index (κ2) is 6.30. The predicted molar refractivity (Wildman–Crippen MR) is 104 cm³/mol. The zero-order valence-corrected chi connectivity index (χ0v) is 16.1. The van der Waals surface area contributed by atoms with Crippen LogP contribution in [0.3, 0.4) is 0 Å². The molecule has 1 aliphatic heterocycles. The summed E-state index contributed by atoms with van der Waals surface area (Å²) in [6.45, 7) is 0.313. The van der Waals surface area contributed by atoms with Crippen LogP contribution < -0.4 is 15.4 Å². The minimum absolute atomic E-state index is 0.0132. The van der Waals surface area contributed by atoms with Crippen molar-refractivity contribution in [1.29, 1.82) is 0 Å². The molecule has 2 N–H and O–H groups in total. The Morgan fingerprint density at radius 1 is 0.960 bits per heavy atom. The fourth-order valence-electron chi connectivity index (χ4n) is 4.34. The van der Waals surface area contributed by atoms with Gasteiger partial charge >= 0.3 is 0 Å². The van der Waals surface area contributed by atoms with Crippen molar-refractivity contribution < 1.29 is 14.3 Å². The maximum absolute atomic E-state index is 12.8. The van der Waals surface area contributed by atoms with Gasteiger partial charge in [0.2, 0.25) is 0 Å². The summed E-state index contributed by atoms with van der Waals surface area (Å²) in [4.78, 5) is 24.2. The SMILES string of the molecule is O=C(I)NC12CCC(NC(=O)C3=Cc4ccccc4OC3)(CC1)CC2. The molecule has 3 fully saturated rings. The van der Waals surface area contributed by atoms with Crippen LogP contribution in [-0.4, -0.2) is 27.5 Å². The topological polar surface area (TPSA) is 67.4 Å². The molecule has 0 radical (unpaired) electrons. The summed E-state index contributed by atoms with van der Waals surface area (Å²) in [6, 6.07) is 7.76. The summed E-state index contributed by atoms with van der Waals surface area (Å²) in [5.74, 6) is 0.800. The number of para-hydroxylation sites is 1. The van der Waals surface area contributed by atoms with E-state index in [9.17, 15) is 9.59 Å². The highest BCUT2D eigenvalue weighted by atomic mass is 127. The van der Waals surface area contributed by atoms with Crippen molar-refractivity contribution in [3.8, 4) is 5.75 Å². The molecule has 4 aliphatic rings. The number of carbonyl (C=O) groups is 2. The molecule has 1 aromatic carbocycles. The lowest BCUT2D eigenvalue weighted by Gasteiger charge is -2.53. The lowest BCUT2D eigenvalue weighted by molar-refractivity contribution is -0.121. The summed E-state index contributed by atoms with van der Waals surface area (Å²) in [5.41, 5.74) is 1.44. The summed E-state index contributed by atoms with van der Waals surface area (Å²) >= 11 is 1.81. The van der Waals surface area contributed by atoms with E-state index in [2.05, 4.69) is 10.6 Å². The molecule has 0 saturated heterocycles. The Morgan fingerprint density at radius 3 is 2.20 bits per heavy atom. The van der Waals surface area contributed by atoms with E-state index in [1.807, 2.05) is 52.9 Å². The van der Waals surface area contributed by atoms with Gasteiger partial charge in [-0.25, -0.2) is 0 Å². The van der Waals surface area contributed by atoms with Gasteiger partial charge in [-0.15, -0.1) is 0 Å². The smallest absolute Gasteiger partial charge is 0.281 e. The second-order valence-corrected chi connectivity index (χ2v) is 8.39. The van der Waals surface area contributed by atoms with Gasteiger partial charge in [0, 0.05) is 39.2 Å². The van der Waals surface area contributed by atoms with E-state index >= 15 is 0 Å². The van der Waals surface area contributed by atoms with Gasteiger partial charge in [0.15, 0.2) is 0 Å². The van der Waals surface area contributed by atoms with Crippen LogP contribution in [0, 0.1) is 0 Å². The van der Waals surface area contributed by atoms with Crippen molar-refractivity contribution in [3.05, 3.63) is 35.4 Å². The molecule has 0 atom stereocenters. The first-order valence-corrected chi connectivity index (χ1v) is 9.80. The quantitative estimate of drug-likeness (QED) is 0.419. The van der Waals surface area contributed by atoms with Crippen LogP contribution in [0.2, 0.25) is 0 Å². The van der Waals surface area contributed by atoms with Crippen molar-refractivity contribution in [2.24, 2.45) is 0 Å². The van der Waals surface area contributed by atoms with E-state index in [0.717, 1.165) is 49.8 Å². The first-order valence-electron chi connectivity index (χ1n) is 8.72. The number of nitrogens with one attached hydrogen (secondary N) is 2. The lowest BCUT2D eigenvalue weighted by atomic mass is 9.61. The molecule has 0 unspecified atom stereocenters. The van der Waals surface area contributed by atoms with Crippen molar-refractivity contribution in [2.75, 3.05) is 6.61 Å². The highest BCUT2D eigenvalue weighted by Gasteiger charge is 2.49. The summed E-state index contributed by atoms with van der Waals surface area (Å²) in [5, 5.41) is 6.42. The monoisotopic (exact) mass is 452 g/mol. The Kier molecular flexibility index (Phi) is 4.25. The number of halogens is 1. The second-order valence-electron chi connectivity index (χ2n) is 7.41. The van der Waals surface area contributed by atoms with Crippen LogP contribution in [0.5, 0.6) is 5.75 Å². The van der Waals surface area contributed by atoms with Gasteiger partial charge in [0.1, 0.15) is 12.4 Å². The van der Waals surface area contributed by atoms with Crippen LogP contribution in [0.15, 0.2) is 29.8 Å². The minimum Gasteiger partial charge on any atom is -0.488 e. The van der Waals surface area contributed by atoms with Gasteiger partial charge in [0.05, 0.1) is 5.57 Å². The highest BCUT2D eigenvalue weighted by molar-refractivity contribution is 14.1. The van der Waals surface area contributed by atoms with Gasteiger partial charge in [0.25, 0.3) is 9.82 Å². The number of ether oxygens (including phenoxy) is 1. The third-order valence-corrected chi connectivity index (χ3v) is 6.18. The average Bonchev–Trinajstić information content (AvgIpc) is 2.62. The molecule has 6 heteroatoms. The molecule has 5 nitrogen and oxygen atoms in total. The Hall–Kier alpha value is -1.57. The predicted octanol–water partition coefficient (Wildman–Crippen LogP) is 3.57. The first-order chi connectivity index (χ1) is 12.0. The number of carbonyl (C=O) groups excluding carboxylic acids is 2. The third-order valence-electron chi connectivity index (χ3n) is 5.91. The average molecular weight is 452 g/mol. The largest absolute Gasteiger partial charge is 0.488 e. The van der Waals surface area contributed by atoms with Crippen LogP contribution in [0.25, 0.3) is 6.08 Å². The normalized spacial score (nSPS) is 29.9. The number of fused-ring (bicyclic) bond motifs is 4. The van der Waals surface area contributed by atoms with Crippen molar-refractivity contribution in [1.82, 2.24) is 10.6 Å². The summed E-state index contributed by atoms with van der Waals surface area (Å²) in [7, 11) is 0. The molecule has 3 saturated carbocycles. The first kappa shape index (κ1) is 16.9. The molecule has 25 heavy (non-hydrogen) atoms. The van der Waals surface area contributed by atoms with Crippen LogP contribution >= 0.6 is 22.6 Å². The van der Waals surface area contributed by atoms with E-state index in [1.165, 1.54) is 0 Å². The fourth-order valence-corrected chi connectivity index (χ4v) is 4.91. The molecule has 0 aromatic heterocycles. The Bertz CT molecular complexity index is 734. The molecule has 1 heterocycles. The summed E-state index contributed by atoms with van der Waals surface area (Å²) < 4.78 is 5.72. The molecule has 2 amide bonds. The van der Waals surface area contributed by atoms with E-state index in [0.29, 0.717) is 12.2 Å². The summed E-state index contributed by atoms with van der Waals surface area (Å²) in [6.07, 6.45) is 7.47. The fraction of sp³-hybridized carbons (Fsp3) is 0.474. The van der Waals surface area contributed by atoms with Gasteiger partial charge in [-0.2, -0.15) is 0 Å². The molecule has 0 spiro atoms. The van der Waals surface area contributed by atoms with Gasteiger partial charge < -0.3 is 15.4 Å². The number of rotatable bonds is 3. The van der Waals surface area contributed by atoms with E-state index in [-0.39, 0.29) is 20.9 Å². The van der Waals surface area contributed by atoms with Crippen LogP contribution in [0.4, 0.5) is 4.79 Å².